The van der Waals surface area contributed by atoms with Crippen molar-refractivity contribution >= 4 is 11.7 Å². The molecule has 1 atom stereocenters. The first-order valence-corrected chi connectivity index (χ1v) is 6.95. The van der Waals surface area contributed by atoms with Gasteiger partial charge in [-0.1, -0.05) is 18.1 Å². The van der Waals surface area contributed by atoms with Gasteiger partial charge >= 0.3 is 0 Å². The van der Waals surface area contributed by atoms with Crippen molar-refractivity contribution in [3.63, 3.8) is 0 Å². The molecule has 0 spiro atoms. The zero-order chi connectivity index (χ0) is 16.7. The highest BCUT2D eigenvalue weighted by atomic mass is 19.1. The second-order valence-corrected chi connectivity index (χ2v) is 4.77. The van der Waals surface area contributed by atoms with Gasteiger partial charge in [0.1, 0.15) is 11.6 Å². The molecule has 0 aliphatic carbocycles. The Balaban J connectivity index is 1.91. The minimum atomic E-state index is -0.869. The van der Waals surface area contributed by atoms with Crippen LogP contribution in [0, 0.1) is 18.2 Å². The number of benzene rings is 1. The van der Waals surface area contributed by atoms with Crippen LogP contribution in [0.2, 0.25) is 0 Å². The molecule has 1 amide bonds. The van der Waals surface area contributed by atoms with Gasteiger partial charge in [-0.15, -0.1) is 6.42 Å². The number of pyridine rings is 1. The molecule has 0 unspecified atom stereocenters. The summed E-state index contributed by atoms with van der Waals surface area (Å²) in [6, 6.07) is 8.98. The van der Waals surface area contributed by atoms with Crippen molar-refractivity contribution in [1.82, 2.24) is 10.3 Å². The molecule has 6 heteroatoms. The summed E-state index contributed by atoms with van der Waals surface area (Å²) in [5.74, 6) is 2.10. The maximum atomic E-state index is 13.1. The van der Waals surface area contributed by atoms with Crippen molar-refractivity contribution in [3.8, 4) is 12.3 Å². The first kappa shape index (κ1) is 16.5. The molecule has 0 radical (unpaired) electrons. The van der Waals surface area contributed by atoms with E-state index in [2.05, 4.69) is 21.5 Å². The molecule has 0 bridgehead atoms. The summed E-state index contributed by atoms with van der Waals surface area (Å²) in [6.07, 6.45) is 5.60. The Labute approximate surface area is 133 Å². The maximum Gasteiger partial charge on any atom is 0.253 e. The Bertz CT molecular complexity index is 711. The van der Waals surface area contributed by atoms with E-state index in [1.165, 1.54) is 24.4 Å². The summed E-state index contributed by atoms with van der Waals surface area (Å²) in [7, 11) is 0. The number of anilines is 1. The van der Waals surface area contributed by atoms with Crippen LogP contribution in [0.5, 0.6) is 0 Å². The van der Waals surface area contributed by atoms with E-state index < -0.39 is 11.9 Å². The number of nitrogens with one attached hydrogen (secondary N) is 2. The topological polar surface area (TPSA) is 74.2 Å². The number of aromatic nitrogens is 1. The second kappa shape index (κ2) is 7.92. The Morgan fingerprint density at radius 1 is 1.39 bits per heavy atom. The third-order valence-electron chi connectivity index (χ3n) is 3.09. The quantitative estimate of drug-likeness (QED) is 0.710. The molecule has 23 heavy (non-hydrogen) atoms. The number of aliphatic hydroxyl groups excluding tert-OH is 1. The molecule has 1 heterocycles. The van der Waals surface area contributed by atoms with Crippen molar-refractivity contribution in [1.29, 1.82) is 0 Å². The number of amides is 1. The predicted octanol–water partition coefficient (Wildman–Crippen LogP) is 1.73. The van der Waals surface area contributed by atoms with Gasteiger partial charge in [0.25, 0.3) is 5.91 Å². The molecule has 0 aliphatic heterocycles. The minimum Gasteiger partial charge on any atom is -0.387 e. The Kier molecular flexibility index (Phi) is 5.67. The smallest absolute Gasteiger partial charge is 0.253 e. The summed E-state index contributed by atoms with van der Waals surface area (Å²) in [4.78, 5) is 15.7. The third-order valence-corrected chi connectivity index (χ3v) is 3.09. The van der Waals surface area contributed by atoms with E-state index in [1.54, 1.807) is 18.2 Å². The third kappa shape index (κ3) is 4.80. The number of hydrogen-bond donors (Lipinski definition) is 3. The highest BCUT2D eigenvalue weighted by Gasteiger charge is 2.09. The van der Waals surface area contributed by atoms with Crippen molar-refractivity contribution in [3.05, 3.63) is 59.5 Å². The number of hydrogen-bond acceptors (Lipinski definition) is 4. The standard InChI is InChI=1S/C17H16FN3O2/c1-2-8-19-17(23)13-6-7-16(20-10-13)21-11-15(22)12-4-3-5-14(18)9-12/h1,3-7,9-10,15,22H,8,11H2,(H,19,23)(H,20,21)/t15-/m0/s1. The summed E-state index contributed by atoms with van der Waals surface area (Å²) in [6.45, 7) is 0.317. The maximum absolute atomic E-state index is 13.1. The van der Waals surface area contributed by atoms with Crippen LogP contribution in [0.15, 0.2) is 42.6 Å². The zero-order valence-electron chi connectivity index (χ0n) is 12.3. The van der Waals surface area contributed by atoms with Crippen LogP contribution in [0.25, 0.3) is 0 Å². The molecule has 2 rings (SSSR count). The van der Waals surface area contributed by atoms with Crippen molar-refractivity contribution in [2.45, 2.75) is 6.10 Å². The van der Waals surface area contributed by atoms with Crippen LogP contribution < -0.4 is 10.6 Å². The molecule has 0 fully saturated rings. The molecular formula is C17H16FN3O2. The number of carbonyl (C=O) groups excluding carboxylic acids is 1. The van der Waals surface area contributed by atoms with Crippen molar-refractivity contribution in [2.75, 3.05) is 18.4 Å². The van der Waals surface area contributed by atoms with E-state index in [9.17, 15) is 14.3 Å². The number of halogens is 1. The average Bonchev–Trinajstić information content (AvgIpc) is 2.58. The van der Waals surface area contributed by atoms with Crippen LogP contribution >= 0.6 is 0 Å². The largest absolute Gasteiger partial charge is 0.387 e. The van der Waals surface area contributed by atoms with E-state index in [4.69, 9.17) is 6.42 Å². The summed E-state index contributed by atoms with van der Waals surface area (Å²) < 4.78 is 13.1. The lowest BCUT2D eigenvalue weighted by molar-refractivity contribution is 0.0958. The number of aliphatic hydroxyl groups is 1. The molecule has 0 saturated heterocycles. The molecule has 0 saturated carbocycles. The molecule has 1 aromatic carbocycles. The number of nitrogens with zero attached hydrogens (tertiary/aromatic N) is 1. The molecule has 118 valence electrons. The van der Waals surface area contributed by atoms with Gasteiger partial charge in [-0.25, -0.2) is 9.37 Å². The molecule has 1 aromatic heterocycles. The van der Waals surface area contributed by atoms with Gasteiger partial charge in [0.2, 0.25) is 0 Å². The minimum absolute atomic E-state index is 0.151. The lowest BCUT2D eigenvalue weighted by Crippen LogP contribution is -2.23. The van der Waals surface area contributed by atoms with Crippen LogP contribution in [0.1, 0.15) is 22.0 Å². The van der Waals surface area contributed by atoms with Gasteiger partial charge < -0.3 is 15.7 Å². The van der Waals surface area contributed by atoms with Crippen LogP contribution in [-0.4, -0.2) is 29.1 Å². The van der Waals surface area contributed by atoms with Gasteiger partial charge in [0, 0.05) is 12.7 Å². The Morgan fingerprint density at radius 3 is 2.87 bits per heavy atom. The Hall–Kier alpha value is -2.91. The van der Waals surface area contributed by atoms with E-state index in [0.29, 0.717) is 16.9 Å². The first-order valence-electron chi connectivity index (χ1n) is 6.95. The highest BCUT2D eigenvalue weighted by Crippen LogP contribution is 2.15. The second-order valence-electron chi connectivity index (χ2n) is 4.77. The van der Waals surface area contributed by atoms with Crippen LogP contribution in [0.3, 0.4) is 0 Å². The van der Waals surface area contributed by atoms with Crippen LogP contribution in [0.4, 0.5) is 10.2 Å². The van der Waals surface area contributed by atoms with Crippen molar-refractivity contribution < 1.29 is 14.3 Å². The zero-order valence-corrected chi connectivity index (χ0v) is 12.3. The molecule has 0 aliphatic rings. The first-order chi connectivity index (χ1) is 11.1. The van der Waals surface area contributed by atoms with Gasteiger partial charge in [-0.2, -0.15) is 0 Å². The van der Waals surface area contributed by atoms with Gasteiger partial charge in [-0.05, 0) is 29.8 Å². The lowest BCUT2D eigenvalue weighted by atomic mass is 10.1. The SMILES string of the molecule is C#CCNC(=O)c1ccc(NC[C@H](O)c2cccc(F)c2)nc1. The van der Waals surface area contributed by atoms with Crippen molar-refractivity contribution in [2.24, 2.45) is 0 Å². The number of terminal acetylenes is 1. The monoisotopic (exact) mass is 313 g/mol. The number of rotatable bonds is 6. The normalized spacial score (nSPS) is 11.3. The van der Waals surface area contributed by atoms with Gasteiger partial charge in [0.15, 0.2) is 0 Å². The summed E-state index contributed by atoms with van der Waals surface area (Å²) in [5, 5.41) is 15.5. The average molecular weight is 313 g/mol. The van der Waals surface area contributed by atoms with Gasteiger partial charge in [-0.3, -0.25) is 4.79 Å². The fourth-order valence-electron chi connectivity index (χ4n) is 1.90. The number of carbonyl (C=O) groups is 1. The van der Waals surface area contributed by atoms with E-state index in [1.807, 2.05) is 0 Å². The molecular weight excluding hydrogens is 297 g/mol. The molecule has 2 aromatic rings. The lowest BCUT2D eigenvalue weighted by Gasteiger charge is -2.13. The predicted molar refractivity (Wildman–Crippen MR) is 85.3 cm³/mol. The van der Waals surface area contributed by atoms with Gasteiger partial charge in [0.05, 0.1) is 18.2 Å². The Morgan fingerprint density at radius 2 is 2.22 bits per heavy atom. The fourth-order valence-corrected chi connectivity index (χ4v) is 1.90. The van der Waals surface area contributed by atoms with E-state index in [-0.39, 0.29) is 19.0 Å². The molecule has 3 N–H and O–H groups in total. The summed E-state index contributed by atoms with van der Waals surface area (Å²) >= 11 is 0. The fraction of sp³-hybridized carbons (Fsp3) is 0.176. The molecule has 5 nitrogen and oxygen atoms in total. The highest BCUT2D eigenvalue weighted by molar-refractivity contribution is 5.94. The van der Waals surface area contributed by atoms with Crippen LogP contribution in [-0.2, 0) is 0 Å². The summed E-state index contributed by atoms with van der Waals surface area (Å²) in [5.41, 5.74) is 0.860. The van der Waals surface area contributed by atoms with E-state index in [0.717, 1.165) is 0 Å². The van der Waals surface area contributed by atoms with E-state index >= 15 is 0 Å².